The lowest BCUT2D eigenvalue weighted by molar-refractivity contribution is -0.118. The summed E-state index contributed by atoms with van der Waals surface area (Å²) in [6.07, 6.45) is 1.11. The molecule has 0 saturated heterocycles. The monoisotopic (exact) mass is 252 g/mol. The van der Waals surface area contributed by atoms with E-state index < -0.39 is 0 Å². The molecule has 1 rings (SSSR count). The second kappa shape index (κ2) is 6.86. The Morgan fingerprint density at radius 3 is 2.61 bits per heavy atom. The Balaban J connectivity index is 2.90. The Kier molecular flexibility index (Phi) is 5.45. The second-order valence-corrected chi connectivity index (χ2v) is 3.88. The number of rotatable bonds is 6. The molecule has 0 aliphatic rings. The van der Waals surface area contributed by atoms with Gasteiger partial charge < -0.3 is 20.1 Å². The van der Waals surface area contributed by atoms with Gasteiger partial charge >= 0.3 is 0 Å². The van der Waals surface area contributed by atoms with Crippen LogP contribution < -0.4 is 20.1 Å². The summed E-state index contributed by atoms with van der Waals surface area (Å²) < 4.78 is 10.4. The zero-order valence-corrected chi connectivity index (χ0v) is 11.1. The summed E-state index contributed by atoms with van der Waals surface area (Å²) in [7, 11) is 4.88. The van der Waals surface area contributed by atoms with Gasteiger partial charge in [0.25, 0.3) is 0 Å². The highest BCUT2D eigenvalue weighted by atomic mass is 16.5. The van der Waals surface area contributed by atoms with Crippen molar-refractivity contribution in [3.05, 3.63) is 18.2 Å². The Bertz CT molecular complexity index is 407. The number of hydrogen-bond acceptors (Lipinski definition) is 4. The van der Waals surface area contributed by atoms with Gasteiger partial charge in [0, 0.05) is 19.5 Å². The fourth-order valence-corrected chi connectivity index (χ4v) is 1.62. The molecule has 0 aliphatic heterocycles. The topological polar surface area (TPSA) is 64.8 Å². The minimum absolute atomic E-state index is 0.0175. The van der Waals surface area contributed by atoms with Gasteiger partial charge in [-0.1, -0.05) is 0 Å². The van der Waals surface area contributed by atoms with E-state index in [1.807, 2.05) is 0 Å². The first kappa shape index (κ1) is 14.3. The molecule has 2 N–H and O–H groups in total. The van der Waals surface area contributed by atoms with Crippen LogP contribution in [-0.2, 0) is 4.79 Å². The highest BCUT2D eigenvalue weighted by Gasteiger charge is 2.15. The summed E-state index contributed by atoms with van der Waals surface area (Å²) in [4.78, 5) is 13.5. The molecular weight excluding hydrogens is 232 g/mol. The van der Waals surface area contributed by atoms with Crippen LogP contribution in [0.25, 0.3) is 0 Å². The van der Waals surface area contributed by atoms with Gasteiger partial charge in [-0.05, 0) is 25.1 Å². The van der Waals surface area contributed by atoms with Crippen molar-refractivity contribution in [1.82, 2.24) is 0 Å². The van der Waals surface area contributed by atoms with Crippen LogP contribution in [-0.4, -0.2) is 33.7 Å². The first-order chi connectivity index (χ1) is 8.63. The molecule has 0 radical (unpaired) electrons. The molecule has 0 aliphatic carbocycles. The predicted octanol–water partition coefficient (Wildman–Crippen LogP) is 1.41. The fraction of sp³-hybridized carbons (Fsp3) is 0.462. The average molecular weight is 252 g/mol. The smallest absolute Gasteiger partial charge is 0.226 e. The summed E-state index contributed by atoms with van der Waals surface area (Å²) in [5.41, 5.74) is 6.12. The van der Waals surface area contributed by atoms with Gasteiger partial charge in [-0.25, -0.2) is 0 Å². The van der Waals surface area contributed by atoms with Crippen molar-refractivity contribution in [2.75, 3.05) is 32.7 Å². The van der Waals surface area contributed by atoms with Crippen LogP contribution in [0.4, 0.5) is 5.69 Å². The van der Waals surface area contributed by atoms with Crippen LogP contribution in [0.2, 0.25) is 0 Å². The third-order valence-corrected chi connectivity index (χ3v) is 2.72. The van der Waals surface area contributed by atoms with E-state index in [1.165, 1.54) is 0 Å². The number of carbonyl (C=O) groups is 1. The van der Waals surface area contributed by atoms with Crippen molar-refractivity contribution >= 4 is 11.6 Å². The maximum atomic E-state index is 11.9. The zero-order chi connectivity index (χ0) is 13.5. The SMILES string of the molecule is COc1ccc(N(C)C(=O)CCCN)c(OC)c1. The lowest BCUT2D eigenvalue weighted by Crippen LogP contribution is -2.26. The van der Waals surface area contributed by atoms with Crippen molar-refractivity contribution in [2.24, 2.45) is 5.73 Å². The van der Waals surface area contributed by atoms with E-state index in [4.69, 9.17) is 15.2 Å². The van der Waals surface area contributed by atoms with E-state index >= 15 is 0 Å². The summed E-state index contributed by atoms with van der Waals surface area (Å²) in [6, 6.07) is 5.35. The molecule has 1 aromatic carbocycles. The molecule has 0 bridgehead atoms. The first-order valence-electron chi connectivity index (χ1n) is 5.82. The Morgan fingerprint density at radius 1 is 1.33 bits per heavy atom. The van der Waals surface area contributed by atoms with Gasteiger partial charge in [0.15, 0.2) is 0 Å². The number of carbonyl (C=O) groups excluding carboxylic acids is 1. The first-order valence-corrected chi connectivity index (χ1v) is 5.82. The van der Waals surface area contributed by atoms with Gasteiger partial charge in [0.05, 0.1) is 19.9 Å². The number of amides is 1. The van der Waals surface area contributed by atoms with Crippen molar-refractivity contribution in [2.45, 2.75) is 12.8 Å². The van der Waals surface area contributed by atoms with E-state index in [-0.39, 0.29) is 5.91 Å². The largest absolute Gasteiger partial charge is 0.497 e. The summed E-state index contributed by atoms with van der Waals surface area (Å²) in [5.74, 6) is 1.32. The third kappa shape index (κ3) is 3.37. The minimum atomic E-state index is 0.0175. The van der Waals surface area contributed by atoms with Gasteiger partial charge in [0.1, 0.15) is 11.5 Å². The van der Waals surface area contributed by atoms with E-state index in [0.29, 0.717) is 30.9 Å². The number of methoxy groups -OCH3 is 2. The van der Waals surface area contributed by atoms with Gasteiger partial charge in [-0.15, -0.1) is 0 Å². The van der Waals surface area contributed by atoms with Crippen molar-refractivity contribution in [3.63, 3.8) is 0 Å². The molecular formula is C13H20N2O3. The molecule has 18 heavy (non-hydrogen) atoms. The standard InChI is InChI=1S/C13H20N2O3/c1-15(13(16)5-4-8-14)11-7-6-10(17-2)9-12(11)18-3/h6-7,9H,4-5,8,14H2,1-3H3. The predicted molar refractivity (Wildman–Crippen MR) is 71.2 cm³/mol. The summed E-state index contributed by atoms with van der Waals surface area (Å²) in [6.45, 7) is 0.513. The lowest BCUT2D eigenvalue weighted by atomic mass is 10.2. The maximum Gasteiger partial charge on any atom is 0.226 e. The highest BCUT2D eigenvalue weighted by molar-refractivity contribution is 5.94. The quantitative estimate of drug-likeness (QED) is 0.831. The van der Waals surface area contributed by atoms with Crippen LogP contribution in [0, 0.1) is 0 Å². The number of nitrogens with zero attached hydrogens (tertiary/aromatic N) is 1. The molecule has 0 fully saturated rings. The Hall–Kier alpha value is -1.75. The number of hydrogen-bond donors (Lipinski definition) is 1. The molecule has 0 heterocycles. The van der Waals surface area contributed by atoms with Crippen LogP contribution in [0.5, 0.6) is 11.5 Å². The van der Waals surface area contributed by atoms with Gasteiger partial charge in [-0.2, -0.15) is 0 Å². The molecule has 0 saturated carbocycles. The molecule has 5 nitrogen and oxygen atoms in total. The minimum Gasteiger partial charge on any atom is -0.497 e. The van der Waals surface area contributed by atoms with Crippen LogP contribution in [0.3, 0.4) is 0 Å². The zero-order valence-electron chi connectivity index (χ0n) is 11.1. The van der Waals surface area contributed by atoms with Crippen LogP contribution in [0.15, 0.2) is 18.2 Å². The van der Waals surface area contributed by atoms with E-state index in [2.05, 4.69) is 0 Å². The van der Waals surface area contributed by atoms with Crippen molar-refractivity contribution in [3.8, 4) is 11.5 Å². The van der Waals surface area contributed by atoms with Crippen molar-refractivity contribution < 1.29 is 14.3 Å². The number of benzene rings is 1. The molecule has 0 aromatic heterocycles. The summed E-state index contributed by atoms with van der Waals surface area (Å²) in [5, 5.41) is 0. The molecule has 100 valence electrons. The third-order valence-electron chi connectivity index (χ3n) is 2.72. The number of nitrogens with two attached hydrogens (primary N) is 1. The van der Waals surface area contributed by atoms with E-state index in [0.717, 1.165) is 5.69 Å². The second-order valence-electron chi connectivity index (χ2n) is 3.88. The van der Waals surface area contributed by atoms with E-state index in [9.17, 15) is 4.79 Å². The molecule has 5 heteroatoms. The maximum absolute atomic E-state index is 11.9. The van der Waals surface area contributed by atoms with Gasteiger partial charge in [0.2, 0.25) is 5.91 Å². The molecule has 1 aromatic rings. The number of anilines is 1. The highest BCUT2D eigenvalue weighted by Crippen LogP contribution is 2.31. The van der Waals surface area contributed by atoms with Crippen molar-refractivity contribution in [1.29, 1.82) is 0 Å². The number of ether oxygens (including phenoxy) is 2. The average Bonchev–Trinajstić information content (AvgIpc) is 2.43. The normalized spacial score (nSPS) is 10.0. The van der Waals surface area contributed by atoms with Crippen LogP contribution >= 0.6 is 0 Å². The fourth-order valence-electron chi connectivity index (χ4n) is 1.62. The molecule has 0 spiro atoms. The van der Waals surface area contributed by atoms with Crippen LogP contribution in [0.1, 0.15) is 12.8 Å². The summed E-state index contributed by atoms with van der Waals surface area (Å²) >= 11 is 0. The molecule has 1 amide bonds. The molecule has 0 unspecified atom stereocenters. The Labute approximate surface area is 107 Å². The lowest BCUT2D eigenvalue weighted by Gasteiger charge is -2.20. The van der Waals surface area contributed by atoms with Gasteiger partial charge in [-0.3, -0.25) is 4.79 Å². The van der Waals surface area contributed by atoms with E-state index in [1.54, 1.807) is 44.4 Å². The Morgan fingerprint density at radius 2 is 2.06 bits per heavy atom. The molecule has 0 atom stereocenters.